The van der Waals surface area contributed by atoms with Crippen LogP contribution < -0.4 is 5.73 Å². The maximum atomic E-state index is 11.1. The average molecular weight is 256 g/mol. The van der Waals surface area contributed by atoms with Crippen molar-refractivity contribution in [3.8, 4) is 6.07 Å². The number of primary amides is 1. The number of urea groups is 1. The number of nitrogens with two attached hydrogens (primary N) is 1. The molecule has 0 radical (unpaired) electrons. The molecule has 0 unspecified atom stereocenters. The first kappa shape index (κ1) is 14.2. The molecule has 1 rings (SSSR count). The summed E-state index contributed by atoms with van der Waals surface area (Å²) in [4.78, 5) is 28.2. The molecule has 8 nitrogen and oxygen atoms in total. The number of carboxylic acids is 1. The van der Waals surface area contributed by atoms with Crippen molar-refractivity contribution in [3.05, 3.63) is 0 Å². The number of piperidine rings is 1. The highest BCUT2D eigenvalue weighted by Crippen LogP contribution is 2.20. The number of hydroxylamine groups is 2. The van der Waals surface area contributed by atoms with Gasteiger partial charge in [-0.3, -0.25) is 14.5 Å². The van der Waals surface area contributed by atoms with Gasteiger partial charge in [0.25, 0.3) is 0 Å². The van der Waals surface area contributed by atoms with Crippen molar-refractivity contribution in [1.29, 1.82) is 5.26 Å². The quantitative estimate of drug-likeness (QED) is 0.646. The number of carboxylic acid groups (broad SMARTS) is 1. The third-order valence-corrected chi connectivity index (χ3v) is 2.89. The van der Waals surface area contributed by atoms with Gasteiger partial charge in [0.2, 0.25) is 0 Å². The monoisotopic (exact) mass is 256 g/mol. The van der Waals surface area contributed by atoms with E-state index in [1.165, 1.54) is 12.0 Å². The number of carbonyl (C=O) groups is 2. The van der Waals surface area contributed by atoms with Gasteiger partial charge >= 0.3 is 12.0 Å². The Morgan fingerprint density at radius 3 is 2.72 bits per heavy atom. The van der Waals surface area contributed by atoms with Crippen LogP contribution >= 0.6 is 0 Å². The van der Waals surface area contributed by atoms with Crippen LogP contribution in [0.25, 0.3) is 0 Å². The van der Waals surface area contributed by atoms with E-state index in [2.05, 4.69) is 6.07 Å². The van der Waals surface area contributed by atoms with Gasteiger partial charge in [0.1, 0.15) is 0 Å². The fraction of sp³-hybridized carbons (Fsp3) is 0.700. The zero-order valence-corrected chi connectivity index (χ0v) is 10.1. The lowest BCUT2D eigenvalue weighted by molar-refractivity contribution is -0.144. The average Bonchev–Trinajstić information content (AvgIpc) is 2.29. The molecule has 2 amide bonds. The molecule has 100 valence electrons. The third-order valence-electron chi connectivity index (χ3n) is 2.89. The van der Waals surface area contributed by atoms with E-state index < -0.39 is 18.0 Å². The predicted molar refractivity (Wildman–Crippen MR) is 60.1 cm³/mol. The van der Waals surface area contributed by atoms with Gasteiger partial charge in [0.15, 0.2) is 0 Å². The first-order valence-corrected chi connectivity index (χ1v) is 5.47. The first-order chi connectivity index (χ1) is 8.49. The van der Waals surface area contributed by atoms with E-state index in [0.717, 1.165) is 5.06 Å². The molecular formula is C10H16N4O4. The number of hydrogen-bond donors (Lipinski definition) is 2. The van der Waals surface area contributed by atoms with Crippen molar-refractivity contribution in [2.45, 2.75) is 24.9 Å². The number of amides is 2. The van der Waals surface area contributed by atoms with Crippen molar-refractivity contribution in [2.24, 2.45) is 5.73 Å². The summed E-state index contributed by atoms with van der Waals surface area (Å²) in [5, 5.41) is 18.7. The molecule has 0 aliphatic carbocycles. The summed E-state index contributed by atoms with van der Waals surface area (Å²) in [6, 6.07) is 0.533. The summed E-state index contributed by atoms with van der Waals surface area (Å²) >= 11 is 0. The molecule has 8 heteroatoms. The highest BCUT2D eigenvalue weighted by atomic mass is 16.7. The van der Waals surface area contributed by atoms with E-state index in [1.54, 1.807) is 0 Å². The van der Waals surface area contributed by atoms with Gasteiger partial charge in [-0.2, -0.15) is 10.3 Å². The van der Waals surface area contributed by atoms with E-state index in [0.29, 0.717) is 12.8 Å². The summed E-state index contributed by atoms with van der Waals surface area (Å²) in [5.41, 5.74) is 5.15. The molecule has 0 aromatic rings. The first-order valence-electron chi connectivity index (χ1n) is 5.47. The highest BCUT2D eigenvalue weighted by molar-refractivity contribution is 5.71. The Morgan fingerprint density at radius 1 is 1.61 bits per heavy atom. The van der Waals surface area contributed by atoms with Gasteiger partial charge in [0.05, 0.1) is 31.8 Å². The van der Waals surface area contributed by atoms with Gasteiger partial charge in [-0.15, -0.1) is 0 Å². The SMILES string of the molecule is CON(C(N)=O)[C@@H]1CC[C@@H](C#N)N(CC(=O)O)C1. The second-order valence-corrected chi connectivity index (χ2v) is 4.05. The fourth-order valence-corrected chi connectivity index (χ4v) is 2.13. The summed E-state index contributed by atoms with van der Waals surface area (Å²) in [7, 11) is 1.32. The van der Waals surface area contributed by atoms with Crippen LogP contribution in [-0.4, -0.2) is 59.4 Å². The molecule has 0 bridgehead atoms. The Kier molecular flexibility index (Phi) is 4.88. The lowest BCUT2D eigenvalue weighted by Crippen LogP contribution is -2.55. The van der Waals surface area contributed by atoms with Crippen molar-refractivity contribution in [1.82, 2.24) is 9.96 Å². The molecule has 1 heterocycles. The van der Waals surface area contributed by atoms with E-state index >= 15 is 0 Å². The van der Waals surface area contributed by atoms with Crippen LogP contribution in [0.1, 0.15) is 12.8 Å². The number of nitriles is 1. The molecule has 1 aliphatic rings. The molecule has 1 fully saturated rings. The van der Waals surface area contributed by atoms with E-state index in [-0.39, 0.29) is 19.1 Å². The number of nitrogens with zero attached hydrogens (tertiary/aromatic N) is 3. The molecule has 0 aromatic heterocycles. The standard InChI is InChI=1S/C10H16N4O4/c1-18-14(10(12)17)8-3-2-7(4-11)13(5-8)6-9(15)16/h7-8H,2-3,5-6H2,1H3,(H2,12,17)(H,15,16)/t7-,8+/m0/s1. The normalized spacial score (nSPS) is 24.2. The number of hydrogen-bond acceptors (Lipinski definition) is 5. The van der Waals surface area contributed by atoms with E-state index in [9.17, 15) is 9.59 Å². The molecule has 1 aliphatic heterocycles. The van der Waals surface area contributed by atoms with Crippen LogP contribution in [0.5, 0.6) is 0 Å². The molecule has 0 saturated carbocycles. The summed E-state index contributed by atoms with van der Waals surface area (Å²) < 4.78 is 0. The Labute approximate surface area is 104 Å². The van der Waals surface area contributed by atoms with Crippen LogP contribution in [0.3, 0.4) is 0 Å². The number of likely N-dealkylation sites (tertiary alicyclic amines) is 1. The minimum atomic E-state index is -1.01. The minimum Gasteiger partial charge on any atom is -0.480 e. The number of aliphatic carboxylic acids is 1. The molecule has 0 aromatic carbocycles. The Bertz CT molecular complexity index is 367. The third kappa shape index (κ3) is 3.32. The van der Waals surface area contributed by atoms with Crippen LogP contribution in [0.2, 0.25) is 0 Å². The molecular weight excluding hydrogens is 240 g/mol. The largest absolute Gasteiger partial charge is 0.480 e. The maximum Gasteiger partial charge on any atom is 0.339 e. The summed E-state index contributed by atoms with van der Waals surface area (Å²) in [5.74, 6) is -1.01. The fourth-order valence-electron chi connectivity index (χ4n) is 2.13. The predicted octanol–water partition coefficient (Wildman–Crippen LogP) is -0.630. The second-order valence-electron chi connectivity index (χ2n) is 4.05. The van der Waals surface area contributed by atoms with Gasteiger partial charge < -0.3 is 10.8 Å². The Balaban J connectivity index is 2.74. The van der Waals surface area contributed by atoms with Gasteiger partial charge in [0, 0.05) is 6.54 Å². The van der Waals surface area contributed by atoms with Gasteiger partial charge in [-0.25, -0.2) is 4.79 Å². The van der Waals surface area contributed by atoms with Gasteiger partial charge in [-0.05, 0) is 12.8 Å². The Hall–Kier alpha value is -1.85. The summed E-state index contributed by atoms with van der Waals surface area (Å²) in [6.45, 7) is 0.00630. The maximum absolute atomic E-state index is 11.1. The van der Waals surface area contributed by atoms with Crippen molar-refractivity contribution in [3.63, 3.8) is 0 Å². The van der Waals surface area contributed by atoms with Crippen molar-refractivity contribution >= 4 is 12.0 Å². The lowest BCUT2D eigenvalue weighted by atomic mass is 9.99. The van der Waals surface area contributed by atoms with Gasteiger partial charge in [-0.1, -0.05) is 0 Å². The summed E-state index contributed by atoms with van der Waals surface area (Å²) in [6.07, 6.45) is 1.02. The lowest BCUT2D eigenvalue weighted by Gasteiger charge is -2.38. The zero-order valence-electron chi connectivity index (χ0n) is 10.1. The van der Waals surface area contributed by atoms with Crippen LogP contribution in [0, 0.1) is 11.3 Å². The topological polar surface area (TPSA) is 120 Å². The van der Waals surface area contributed by atoms with E-state index in [4.69, 9.17) is 20.9 Å². The van der Waals surface area contributed by atoms with E-state index in [1.807, 2.05) is 0 Å². The molecule has 2 atom stereocenters. The Morgan fingerprint density at radius 2 is 2.28 bits per heavy atom. The highest BCUT2D eigenvalue weighted by Gasteiger charge is 2.34. The van der Waals surface area contributed by atoms with Crippen molar-refractivity contribution in [2.75, 3.05) is 20.2 Å². The second kappa shape index (κ2) is 6.18. The number of carbonyl (C=O) groups excluding carboxylic acids is 1. The van der Waals surface area contributed by atoms with Crippen molar-refractivity contribution < 1.29 is 19.5 Å². The zero-order chi connectivity index (χ0) is 13.7. The van der Waals surface area contributed by atoms with Crippen LogP contribution in [0.15, 0.2) is 0 Å². The number of rotatable bonds is 4. The van der Waals surface area contributed by atoms with Crippen LogP contribution in [0.4, 0.5) is 4.79 Å². The molecule has 3 N–H and O–H groups in total. The minimum absolute atomic E-state index is 0.245. The molecule has 0 spiro atoms. The van der Waals surface area contributed by atoms with Crippen LogP contribution in [-0.2, 0) is 9.63 Å². The smallest absolute Gasteiger partial charge is 0.339 e. The molecule has 18 heavy (non-hydrogen) atoms. The molecule has 1 saturated heterocycles.